The molecule has 2 N–H and O–H groups in total. The molecular formula is C12H23NO2. The van der Waals surface area contributed by atoms with Crippen molar-refractivity contribution in [1.29, 1.82) is 0 Å². The van der Waals surface area contributed by atoms with Crippen LogP contribution in [0.5, 0.6) is 0 Å². The van der Waals surface area contributed by atoms with Crippen LogP contribution in [-0.4, -0.2) is 23.7 Å². The molecule has 0 radical (unpaired) electrons. The Labute approximate surface area is 92.3 Å². The van der Waals surface area contributed by atoms with E-state index in [9.17, 15) is 4.79 Å². The minimum absolute atomic E-state index is 0.328. The zero-order valence-corrected chi connectivity index (χ0v) is 9.67. The molecule has 0 bridgehead atoms. The smallest absolute Gasteiger partial charge is 0.320 e. The van der Waals surface area contributed by atoms with Gasteiger partial charge in [-0.1, -0.05) is 32.6 Å². The Hall–Kier alpha value is -0.570. The fourth-order valence-corrected chi connectivity index (χ4v) is 2.24. The summed E-state index contributed by atoms with van der Waals surface area (Å²) in [6.07, 6.45) is 8.00. The summed E-state index contributed by atoms with van der Waals surface area (Å²) in [6.45, 7) is 2.98. The molecule has 1 saturated carbocycles. The number of unbranched alkanes of at least 4 members (excludes halogenated alkanes) is 1. The topological polar surface area (TPSA) is 49.3 Å². The zero-order chi connectivity index (χ0) is 11.1. The van der Waals surface area contributed by atoms with Gasteiger partial charge in [-0.2, -0.15) is 0 Å². The maximum atomic E-state index is 10.9. The highest BCUT2D eigenvalue weighted by molar-refractivity contribution is 5.73. The highest BCUT2D eigenvalue weighted by atomic mass is 16.4. The Balaban J connectivity index is 2.20. The van der Waals surface area contributed by atoms with E-state index in [1.165, 1.54) is 25.7 Å². The standard InChI is InChI=1S/C12H23NO2/c1-2-3-8-11(12(14)15)13-9-10-6-4-5-7-10/h10-11,13H,2-9H2,1H3,(H,14,15). The van der Waals surface area contributed by atoms with E-state index in [-0.39, 0.29) is 6.04 Å². The van der Waals surface area contributed by atoms with Crippen molar-refractivity contribution < 1.29 is 9.90 Å². The lowest BCUT2D eigenvalue weighted by molar-refractivity contribution is -0.139. The summed E-state index contributed by atoms with van der Waals surface area (Å²) in [5.74, 6) is 0.0231. The van der Waals surface area contributed by atoms with Gasteiger partial charge in [0, 0.05) is 0 Å². The average Bonchev–Trinajstić information content (AvgIpc) is 2.70. The van der Waals surface area contributed by atoms with E-state index in [2.05, 4.69) is 12.2 Å². The maximum Gasteiger partial charge on any atom is 0.320 e. The molecule has 0 amide bonds. The Morgan fingerprint density at radius 3 is 2.67 bits per heavy atom. The minimum atomic E-state index is -0.693. The van der Waals surface area contributed by atoms with Crippen molar-refractivity contribution in [2.45, 2.75) is 57.9 Å². The SMILES string of the molecule is CCCCC(NCC1CCCC1)C(=O)O. The first-order valence-corrected chi connectivity index (χ1v) is 6.20. The third kappa shape index (κ3) is 4.65. The van der Waals surface area contributed by atoms with E-state index in [1.54, 1.807) is 0 Å². The molecule has 1 aliphatic carbocycles. The molecule has 1 fully saturated rings. The van der Waals surface area contributed by atoms with Crippen molar-refractivity contribution in [2.24, 2.45) is 5.92 Å². The van der Waals surface area contributed by atoms with Gasteiger partial charge in [0.15, 0.2) is 0 Å². The second kappa shape index (κ2) is 6.83. The predicted molar refractivity (Wildman–Crippen MR) is 60.9 cm³/mol. The van der Waals surface area contributed by atoms with Crippen LogP contribution < -0.4 is 5.32 Å². The Morgan fingerprint density at radius 1 is 1.47 bits per heavy atom. The van der Waals surface area contributed by atoms with Crippen LogP contribution in [0.3, 0.4) is 0 Å². The molecule has 0 aromatic heterocycles. The van der Waals surface area contributed by atoms with Crippen LogP contribution in [0.25, 0.3) is 0 Å². The number of rotatable bonds is 7. The van der Waals surface area contributed by atoms with Crippen molar-refractivity contribution in [1.82, 2.24) is 5.32 Å². The quantitative estimate of drug-likeness (QED) is 0.682. The lowest BCUT2D eigenvalue weighted by Gasteiger charge is -2.16. The Bertz CT molecular complexity index is 188. The second-order valence-electron chi connectivity index (χ2n) is 4.59. The van der Waals surface area contributed by atoms with E-state index in [1.807, 2.05) is 0 Å². The van der Waals surface area contributed by atoms with Crippen LogP contribution in [0.15, 0.2) is 0 Å². The van der Waals surface area contributed by atoms with Gasteiger partial charge < -0.3 is 10.4 Å². The van der Waals surface area contributed by atoms with Crippen LogP contribution >= 0.6 is 0 Å². The van der Waals surface area contributed by atoms with Crippen molar-refractivity contribution in [3.05, 3.63) is 0 Å². The number of aliphatic carboxylic acids is 1. The van der Waals surface area contributed by atoms with Gasteiger partial charge in [-0.25, -0.2) is 0 Å². The van der Waals surface area contributed by atoms with Crippen molar-refractivity contribution >= 4 is 5.97 Å². The van der Waals surface area contributed by atoms with Gasteiger partial charge in [0.05, 0.1) is 0 Å². The van der Waals surface area contributed by atoms with Crippen molar-refractivity contribution in [3.8, 4) is 0 Å². The molecule has 88 valence electrons. The van der Waals surface area contributed by atoms with Gasteiger partial charge >= 0.3 is 5.97 Å². The summed E-state index contributed by atoms with van der Waals surface area (Å²) in [7, 11) is 0. The van der Waals surface area contributed by atoms with Gasteiger partial charge in [0.25, 0.3) is 0 Å². The molecule has 0 aliphatic heterocycles. The van der Waals surface area contributed by atoms with E-state index in [4.69, 9.17) is 5.11 Å². The van der Waals surface area contributed by atoms with E-state index in [0.717, 1.165) is 25.8 Å². The van der Waals surface area contributed by atoms with Crippen LogP contribution in [0.4, 0.5) is 0 Å². The van der Waals surface area contributed by atoms with Gasteiger partial charge in [-0.3, -0.25) is 4.79 Å². The predicted octanol–water partition coefficient (Wildman–Crippen LogP) is 2.41. The molecule has 0 aromatic rings. The van der Waals surface area contributed by atoms with Crippen LogP contribution in [0.1, 0.15) is 51.9 Å². The largest absolute Gasteiger partial charge is 0.480 e. The first-order valence-electron chi connectivity index (χ1n) is 6.20. The van der Waals surface area contributed by atoms with E-state index in [0.29, 0.717) is 5.92 Å². The van der Waals surface area contributed by atoms with E-state index < -0.39 is 5.97 Å². The molecule has 1 rings (SSSR count). The molecule has 1 unspecified atom stereocenters. The van der Waals surface area contributed by atoms with Gasteiger partial charge in [0.1, 0.15) is 6.04 Å². The maximum absolute atomic E-state index is 10.9. The summed E-state index contributed by atoms with van der Waals surface area (Å²) in [4.78, 5) is 10.9. The Morgan fingerprint density at radius 2 is 2.13 bits per heavy atom. The lowest BCUT2D eigenvalue weighted by Crippen LogP contribution is -2.39. The number of hydrogen-bond acceptors (Lipinski definition) is 2. The molecule has 1 aliphatic rings. The van der Waals surface area contributed by atoms with Crippen LogP contribution in [0.2, 0.25) is 0 Å². The molecule has 1 atom stereocenters. The molecule has 15 heavy (non-hydrogen) atoms. The second-order valence-corrected chi connectivity index (χ2v) is 4.59. The highest BCUT2D eigenvalue weighted by Crippen LogP contribution is 2.23. The summed E-state index contributed by atoms with van der Waals surface area (Å²) in [5, 5.41) is 12.2. The van der Waals surface area contributed by atoms with Gasteiger partial charge in [0.2, 0.25) is 0 Å². The van der Waals surface area contributed by atoms with Crippen molar-refractivity contribution in [2.75, 3.05) is 6.54 Å². The number of hydrogen-bond donors (Lipinski definition) is 2. The number of nitrogens with one attached hydrogen (secondary N) is 1. The number of carboxylic acid groups (broad SMARTS) is 1. The molecule has 0 aromatic carbocycles. The molecule has 0 spiro atoms. The molecule has 0 saturated heterocycles. The summed E-state index contributed by atoms with van der Waals surface area (Å²) >= 11 is 0. The number of carboxylic acids is 1. The van der Waals surface area contributed by atoms with Gasteiger partial charge in [-0.15, -0.1) is 0 Å². The molecule has 3 nitrogen and oxygen atoms in total. The highest BCUT2D eigenvalue weighted by Gasteiger charge is 2.20. The molecule has 3 heteroatoms. The third-order valence-corrected chi connectivity index (χ3v) is 3.27. The summed E-state index contributed by atoms with van der Waals surface area (Å²) in [5.41, 5.74) is 0. The normalized spacial score (nSPS) is 19.3. The lowest BCUT2D eigenvalue weighted by atomic mass is 10.1. The minimum Gasteiger partial charge on any atom is -0.480 e. The fourth-order valence-electron chi connectivity index (χ4n) is 2.24. The van der Waals surface area contributed by atoms with Gasteiger partial charge in [-0.05, 0) is 31.7 Å². The molecular weight excluding hydrogens is 190 g/mol. The van der Waals surface area contributed by atoms with Crippen LogP contribution in [0, 0.1) is 5.92 Å². The van der Waals surface area contributed by atoms with Crippen molar-refractivity contribution in [3.63, 3.8) is 0 Å². The zero-order valence-electron chi connectivity index (χ0n) is 9.67. The first-order chi connectivity index (χ1) is 7.24. The summed E-state index contributed by atoms with van der Waals surface area (Å²) < 4.78 is 0. The Kier molecular flexibility index (Phi) is 5.69. The van der Waals surface area contributed by atoms with Crippen LogP contribution in [-0.2, 0) is 4.79 Å². The molecule has 0 heterocycles. The number of carbonyl (C=O) groups is 1. The third-order valence-electron chi connectivity index (χ3n) is 3.27. The monoisotopic (exact) mass is 213 g/mol. The fraction of sp³-hybridized carbons (Fsp3) is 0.917. The summed E-state index contributed by atoms with van der Waals surface area (Å²) in [6, 6.07) is -0.328. The van der Waals surface area contributed by atoms with E-state index >= 15 is 0 Å². The first kappa shape index (κ1) is 12.5. The average molecular weight is 213 g/mol.